The Kier molecular flexibility index (Phi) is 5.46. The third kappa shape index (κ3) is 3.89. The molecule has 0 radical (unpaired) electrons. The van der Waals surface area contributed by atoms with E-state index in [0.717, 1.165) is 16.5 Å². The minimum Gasteiger partial charge on any atom is -0.392 e. The second-order valence-corrected chi connectivity index (χ2v) is 5.51. The molecule has 0 aliphatic heterocycles. The first-order valence-electron chi connectivity index (χ1n) is 5.68. The lowest BCUT2D eigenvalue weighted by Crippen LogP contribution is -2.27. The summed E-state index contributed by atoms with van der Waals surface area (Å²) in [4.78, 5) is 0. The van der Waals surface area contributed by atoms with Crippen LogP contribution in [0.2, 0.25) is 0 Å². The average molecular weight is 286 g/mol. The molecule has 0 amide bonds. The molecule has 2 nitrogen and oxygen atoms in total. The zero-order chi connectivity index (χ0) is 12.1. The van der Waals surface area contributed by atoms with Crippen LogP contribution in [0.1, 0.15) is 31.7 Å². The molecule has 0 bridgehead atoms. The Morgan fingerprint density at radius 1 is 1.38 bits per heavy atom. The van der Waals surface area contributed by atoms with Crippen LogP contribution >= 0.6 is 15.9 Å². The van der Waals surface area contributed by atoms with E-state index in [0.29, 0.717) is 12.5 Å². The zero-order valence-electron chi connectivity index (χ0n) is 9.86. The molecule has 0 aromatic heterocycles. The van der Waals surface area contributed by atoms with Crippen LogP contribution in [0.25, 0.3) is 0 Å². The van der Waals surface area contributed by atoms with Gasteiger partial charge >= 0.3 is 0 Å². The Balaban J connectivity index is 2.81. The van der Waals surface area contributed by atoms with Crippen LogP contribution in [0.5, 0.6) is 0 Å². The monoisotopic (exact) mass is 285 g/mol. The van der Waals surface area contributed by atoms with Gasteiger partial charge in [0.25, 0.3) is 0 Å². The van der Waals surface area contributed by atoms with Gasteiger partial charge in [-0.2, -0.15) is 0 Å². The van der Waals surface area contributed by atoms with Gasteiger partial charge < -0.3 is 10.8 Å². The average Bonchev–Trinajstić information content (AvgIpc) is 2.17. The van der Waals surface area contributed by atoms with Gasteiger partial charge in [0, 0.05) is 16.9 Å². The summed E-state index contributed by atoms with van der Waals surface area (Å²) >= 11 is 3.44. The Morgan fingerprint density at radius 3 is 2.56 bits per heavy atom. The SMILES string of the molecule is CC(C)CC(O)C(CN)c1cccc(Br)c1. The highest BCUT2D eigenvalue weighted by atomic mass is 79.9. The van der Waals surface area contributed by atoms with Crippen molar-refractivity contribution in [1.82, 2.24) is 0 Å². The Labute approximate surface area is 106 Å². The topological polar surface area (TPSA) is 46.2 Å². The molecule has 2 unspecified atom stereocenters. The number of halogens is 1. The van der Waals surface area contributed by atoms with Crippen LogP contribution in [0, 0.1) is 5.92 Å². The first-order chi connectivity index (χ1) is 7.54. The molecule has 1 rings (SSSR count). The number of aliphatic hydroxyl groups excluding tert-OH is 1. The summed E-state index contributed by atoms with van der Waals surface area (Å²) in [5.41, 5.74) is 6.86. The van der Waals surface area contributed by atoms with Crippen molar-refractivity contribution in [2.45, 2.75) is 32.3 Å². The first kappa shape index (κ1) is 13.7. The van der Waals surface area contributed by atoms with Crippen molar-refractivity contribution in [3.8, 4) is 0 Å². The van der Waals surface area contributed by atoms with Crippen molar-refractivity contribution in [3.63, 3.8) is 0 Å². The second kappa shape index (κ2) is 6.38. The summed E-state index contributed by atoms with van der Waals surface area (Å²) < 4.78 is 1.03. The van der Waals surface area contributed by atoms with Crippen LogP contribution < -0.4 is 5.73 Å². The smallest absolute Gasteiger partial charge is 0.0623 e. The minimum absolute atomic E-state index is 0.0277. The predicted molar refractivity (Wildman–Crippen MR) is 71.4 cm³/mol. The van der Waals surface area contributed by atoms with Crippen molar-refractivity contribution in [2.24, 2.45) is 11.7 Å². The van der Waals surface area contributed by atoms with Gasteiger partial charge in [-0.05, 0) is 30.0 Å². The maximum atomic E-state index is 10.1. The number of aliphatic hydroxyl groups is 1. The molecular weight excluding hydrogens is 266 g/mol. The minimum atomic E-state index is -0.362. The number of rotatable bonds is 5. The fraction of sp³-hybridized carbons (Fsp3) is 0.538. The van der Waals surface area contributed by atoms with Crippen LogP contribution in [0.3, 0.4) is 0 Å². The molecule has 0 saturated heterocycles. The zero-order valence-corrected chi connectivity index (χ0v) is 11.4. The van der Waals surface area contributed by atoms with E-state index in [1.165, 1.54) is 0 Å². The van der Waals surface area contributed by atoms with Gasteiger partial charge in [0.05, 0.1) is 6.10 Å². The molecule has 3 N–H and O–H groups in total. The van der Waals surface area contributed by atoms with Crippen LogP contribution in [0.15, 0.2) is 28.7 Å². The highest BCUT2D eigenvalue weighted by Gasteiger charge is 2.20. The summed E-state index contributed by atoms with van der Waals surface area (Å²) in [6.45, 7) is 4.69. The summed E-state index contributed by atoms with van der Waals surface area (Å²) in [7, 11) is 0. The van der Waals surface area contributed by atoms with E-state index in [9.17, 15) is 5.11 Å². The summed E-state index contributed by atoms with van der Waals surface area (Å²) in [5.74, 6) is 0.510. The third-order valence-electron chi connectivity index (χ3n) is 2.71. The lowest BCUT2D eigenvalue weighted by atomic mass is 9.89. The van der Waals surface area contributed by atoms with Crippen molar-refractivity contribution in [3.05, 3.63) is 34.3 Å². The van der Waals surface area contributed by atoms with Crippen LogP contribution in [-0.4, -0.2) is 17.8 Å². The van der Waals surface area contributed by atoms with Crippen molar-refractivity contribution in [2.75, 3.05) is 6.54 Å². The summed E-state index contributed by atoms with van der Waals surface area (Å²) in [5, 5.41) is 10.1. The first-order valence-corrected chi connectivity index (χ1v) is 6.47. The van der Waals surface area contributed by atoms with E-state index in [-0.39, 0.29) is 12.0 Å². The van der Waals surface area contributed by atoms with Crippen molar-refractivity contribution in [1.29, 1.82) is 0 Å². The summed E-state index contributed by atoms with van der Waals surface area (Å²) in [6.07, 6.45) is 0.424. The quantitative estimate of drug-likeness (QED) is 0.874. The molecule has 1 aromatic carbocycles. The highest BCUT2D eigenvalue weighted by Crippen LogP contribution is 2.25. The lowest BCUT2D eigenvalue weighted by Gasteiger charge is -2.23. The number of hydrogen-bond donors (Lipinski definition) is 2. The Bertz CT molecular complexity index is 327. The predicted octanol–water partition coefficient (Wildman–Crippen LogP) is 2.90. The van der Waals surface area contributed by atoms with Crippen molar-refractivity contribution >= 4 is 15.9 Å². The Hall–Kier alpha value is -0.380. The largest absolute Gasteiger partial charge is 0.392 e. The molecular formula is C13H20BrNO. The van der Waals surface area contributed by atoms with Gasteiger partial charge in [-0.25, -0.2) is 0 Å². The lowest BCUT2D eigenvalue weighted by molar-refractivity contribution is 0.121. The number of benzene rings is 1. The molecule has 90 valence electrons. The van der Waals surface area contributed by atoms with Crippen LogP contribution in [0.4, 0.5) is 0 Å². The standard InChI is InChI=1S/C13H20BrNO/c1-9(2)6-13(16)12(8-15)10-4-3-5-11(14)7-10/h3-5,7,9,12-13,16H,6,8,15H2,1-2H3. The maximum absolute atomic E-state index is 10.1. The second-order valence-electron chi connectivity index (χ2n) is 4.59. The highest BCUT2D eigenvalue weighted by molar-refractivity contribution is 9.10. The van der Waals surface area contributed by atoms with Gasteiger partial charge in [0.15, 0.2) is 0 Å². The number of hydrogen-bond acceptors (Lipinski definition) is 2. The van der Waals surface area contributed by atoms with Crippen molar-refractivity contribution < 1.29 is 5.11 Å². The molecule has 0 heterocycles. The molecule has 16 heavy (non-hydrogen) atoms. The molecule has 2 atom stereocenters. The Morgan fingerprint density at radius 2 is 2.06 bits per heavy atom. The fourth-order valence-corrected chi connectivity index (χ4v) is 2.32. The molecule has 3 heteroatoms. The van der Waals surface area contributed by atoms with Gasteiger partial charge in [-0.15, -0.1) is 0 Å². The van der Waals surface area contributed by atoms with Crippen LogP contribution in [-0.2, 0) is 0 Å². The number of nitrogens with two attached hydrogens (primary N) is 1. The molecule has 0 fully saturated rings. The van der Waals surface area contributed by atoms with E-state index >= 15 is 0 Å². The van der Waals surface area contributed by atoms with E-state index in [2.05, 4.69) is 29.8 Å². The van der Waals surface area contributed by atoms with E-state index in [4.69, 9.17) is 5.73 Å². The normalized spacial score (nSPS) is 15.1. The van der Waals surface area contributed by atoms with Gasteiger partial charge in [0.1, 0.15) is 0 Å². The molecule has 0 saturated carbocycles. The van der Waals surface area contributed by atoms with Gasteiger partial charge in [-0.1, -0.05) is 41.9 Å². The van der Waals surface area contributed by atoms with Gasteiger partial charge in [0.2, 0.25) is 0 Å². The third-order valence-corrected chi connectivity index (χ3v) is 3.20. The van der Waals surface area contributed by atoms with E-state index in [1.807, 2.05) is 24.3 Å². The van der Waals surface area contributed by atoms with E-state index < -0.39 is 0 Å². The maximum Gasteiger partial charge on any atom is 0.0623 e. The molecule has 1 aromatic rings. The molecule has 0 aliphatic rings. The van der Waals surface area contributed by atoms with Gasteiger partial charge in [-0.3, -0.25) is 0 Å². The molecule has 0 aliphatic carbocycles. The van der Waals surface area contributed by atoms with E-state index in [1.54, 1.807) is 0 Å². The fourth-order valence-electron chi connectivity index (χ4n) is 1.90. The molecule has 0 spiro atoms. The summed E-state index contributed by atoms with van der Waals surface area (Å²) in [6, 6.07) is 8.00.